The van der Waals surface area contributed by atoms with Crippen molar-refractivity contribution < 1.29 is 14.0 Å². The molecule has 0 aliphatic carbocycles. The first kappa shape index (κ1) is 21.8. The summed E-state index contributed by atoms with van der Waals surface area (Å²) in [5, 5.41) is 5.93. The van der Waals surface area contributed by atoms with E-state index in [1.54, 1.807) is 18.2 Å². The van der Waals surface area contributed by atoms with Gasteiger partial charge in [-0.05, 0) is 69.0 Å². The molecular weight excluding hydrogens is 381 g/mol. The summed E-state index contributed by atoms with van der Waals surface area (Å²) in [6.07, 6.45) is 1.93. The molecule has 1 saturated heterocycles. The van der Waals surface area contributed by atoms with Crippen LogP contribution in [0.25, 0.3) is 0 Å². The van der Waals surface area contributed by atoms with Gasteiger partial charge in [0.15, 0.2) is 0 Å². The van der Waals surface area contributed by atoms with Gasteiger partial charge in [0.1, 0.15) is 5.82 Å². The van der Waals surface area contributed by atoms with E-state index in [1.165, 1.54) is 12.1 Å². The molecule has 3 amide bonds. The Labute approximate surface area is 177 Å². The van der Waals surface area contributed by atoms with Crippen molar-refractivity contribution in [2.75, 3.05) is 13.1 Å². The molecule has 2 atom stereocenters. The molecular formula is C24H30FN3O2. The highest BCUT2D eigenvalue weighted by molar-refractivity contribution is 5.94. The lowest BCUT2D eigenvalue weighted by atomic mass is 9.89. The Hall–Kier alpha value is -2.89. The molecule has 30 heavy (non-hydrogen) atoms. The fraction of sp³-hybridized carbons (Fsp3) is 0.417. The number of piperidine rings is 1. The number of halogens is 1. The Bertz CT molecular complexity index is 882. The molecule has 1 heterocycles. The minimum absolute atomic E-state index is 0.0308. The minimum atomic E-state index is -0.298. The van der Waals surface area contributed by atoms with Gasteiger partial charge in [-0.25, -0.2) is 9.18 Å². The zero-order valence-electron chi connectivity index (χ0n) is 17.8. The van der Waals surface area contributed by atoms with E-state index in [4.69, 9.17) is 0 Å². The van der Waals surface area contributed by atoms with Crippen molar-refractivity contribution in [3.63, 3.8) is 0 Å². The third-order valence-corrected chi connectivity index (χ3v) is 5.46. The molecule has 0 saturated carbocycles. The molecule has 0 bridgehead atoms. The number of carbonyl (C=O) groups is 2. The Balaban J connectivity index is 1.67. The number of hydrogen-bond donors (Lipinski definition) is 2. The van der Waals surface area contributed by atoms with Gasteiger partial charge in [0.05, 0.1) is 6.04 Å². The molecule has 1 aliphatic heterocycles. The lowest BCUT2D eigenvalue weighted by Gasteiger charge is -2.33. The molecule has 1 aliphatic rings. The molecule has 6 heteroatoms. The summed E-state index contributed by atoms with van der Waals surface area (Å²) in [7, 11) is 0. The zero-order valence-corrected chi connectivity index (χ0v) is 17.8. The zero-order chi connectivity index (χ0) is 21.7. The van der Waals surface area contributed by atoms with Crippen LogP contribution in [-0.2, 0) is 0 Å². The second kappa shape index (κ2) is 9.74. The average molecular weight is 412 g/mol. The molecule has 3 rings (SSSR count). The summed E-state index contributed by atoms with van der Waals surface area (Å²) in [6, 6.07) is 13.6. The SMILES string of the molecule is CC(C)NC(=O)N1CCC[C@@H](c2cccc(C(=O)N[C@H](C)c3ccc(F)cc3)c2)C1. The van der Waals surface area contributed by atoms with Gasteiger partial charge in [0.25, 0.3) is 5.91 Å². The first-order valence-electron chi connectivity index (χ1n) is 10.5. The van der Waals surface area contributed by atoms with Gasteiger partial charge < -0.3 is 15.5 Å². The maximum atomic E-state index is 13.1. The van der Waals surface area contributed by atoms with Crippen molar-refractivity contribution in [1.82, 2.24) is 15.5 Å². The van der Waals surface area contributed by atoms with E-state index in [0.717, 1.165) is 30.5 Å². The molecule has 0 radical (unpaired) electrons. The van der Waals surface area contributed by atoms with Crippen molar-refractivity contribution in [2.45, 2.75) is 51.6 Å². The second-order valence-corrected chi connectivity index (χ2v) is 8.26. The van der Waals surface area contributed by atoms with Crippen LogP contribution in [0.4, 0.5) is 9.18 Å². The average Bonchev–Trinajstić information content (AvgIpc) is 2.74. The Morgan fingerprint density at radius 3 is 2.50 bits per heavy atom. The summed E-state index contributed by atoms with van der Waals surface area (Å²) < 4.78 is 13.1. The number of hydrogen-bond acceptors (Lipinski definition) is 2. The van der Waals surface area contributed by atoms with E-state index < -0.39 is 0 Å². The van der Waals surface area contributed by atoms with Crippen LogP contribution in [0.1, 0.15) is 67.1 Å². The van der Waals surface area contributed by atoms with Crippen LogP contribution in [0.2, 0.25) is 0 Å². The normalized spacial score (nSPS) is 17.5. The highest BCUT2D eigenvalue weighted by Gasteiger charge is 2.25. The molecule has 2 aromatic rings. The Morgan fingerprint density at radius 2 is 1.80 bits per heavy atom. The first-order chi connectivity index (χ1) is 14.3. The molecule has 160 valence electrons. The Morgan fingerprint density at radius 1 is 1.07 bits per heavy atom. The van der Waals surface area contributed by atoms with Gasteiger partial charge in [0, 0.05) is 30.6 Å². The number of benzene rings is 2. The summed E-state index contributed by atoms with van der Waals surface area (Å²) >= 11 is 0. The van der Waals surface area contributed by atoms with Crippen LogP contribution in [0.5, 0.6) is 0 Å². The molecule has 2 N–H and O–H groups in total. The van der Waals surface area contributed by atoms with E-state index in [9.17, 15) is 14.0 Å². The van der Waals surface area contributed by atoms with E-state index in [1.807, 2.05) is 43.9 Å². The molecule has 0 unspecified atom stereocenters. The topological polar surface area (TPSA) is 61.4 Å². The number of likely N-dealkylation sites (tertiary alicyclic amines) is 1. The van der Waals surface area contributed by atoms with Gasteiger partial charge in [-0.2, -0.15) is 0 Å². The van der Waals surface area contributed by atoms with Gasteiger partial charge in [0.2, 0.25) is 0 Å². The lowest BCUT2D eigenvalue weighted by molar-refractivity contribution is 0.0939. The number of amides is 3. The third-order valence-electron chi connectivity index (χ3n) is 5.46. The summed E-state index contributed by atoms with van der Waals surface area (Å²) in [6.45, 7) is 7.18. The van der Waals surface area contributed by atoms with Crippen molar-refractivity contribution in [1.29, 1.82) is 0 Å². The summed E-state index contributed by atoms with van der Waals surface area (Å²) in [5.41, 5.74) is 2.50. The van der Waals surface area contributed by atoms with E-state index in [0.29, 0.717) is 12.1 Å². The van der Waals surface area contributed by atoms with E-state index in [-0.39, 0.29) is 35.8 Å². The summed E-state index contributed by atoms with van der Waals surface area (Å²) in [4.78, 5) is 27.0. The smallest absolute Gasteiger partial charge is 0.317 e. The van der Waals surface area contributed by atoms with Crippen molar-refractivity contribution in [3.8, 4) is 0 Å². The highest BCUT2D eigenvalue weighted by Crippen LogP contribution is 2.28. The van der Waals surface area contributed by atoms with E-state index in [2.05, 4.69) is 10.6 Å². The largest absolute Gasteiger partial charge is 0.346 e. The number of nitrogens with zero attached hydrogens (tertiary/aromatic N) is 1. The fourth-order valence-corrected chi connectivity index (χ4v) is 3.82. The quantitative estimate of drug-likeness (QED) is 0.755. The predicted molar refractivity (Wildman–Crippen MR) is 116 cm³/mol. The molecule has 0 aromatic heterocycles. The molecule has 2 aromatic carbocycles. The second-order valence-electron chi connectivity index (χ2n) is 8.26. The highest BCUT2D eigenvalue weighted by atomic mass is 19.1. The van der Waals surface area contributed by atoms with Crippen LogP contribution in [0.3, 0.4) is 0 Å². The number of nitrogens with one attached hydrogen (secondary N) is 2. The summed E-state index contributed by atoms with van der Waals surface area (Å²) in [5.74, 6) is -0.258. The van der Waals surface area contributed by atoms with Crippen molar-refractivity contribution in [2.24, 2.45) is 0 Å². The lowest BCUT2D eigenvalue weighted by Crippen LogP contribution is -2.47. The van der Waals surface area contributed by atoms with Crippen LogP contribution in [-0.4, -0.2) is 36.0 Å². The molecule has 1 fully saturated rings. The van der Waals surface area contributed by atoms with Crippen LogP contribution < -0.4 is 10.6 Å². The Kier molecular flexibility index (Phi) is 7.08. The van der Waals surface area contributed by atoms with Gasteiger partial charge in [-0.1, -0.05) is 24.3 Å². The van der Waals surface area contributed by atoms with Crippen LogP contribution >= 0.6 is 0 Å². The maximum absolute atomic E-state index is 13.1. The molecule has 5 nitrogen and oxygen atoms in total. The molecule has 0 spiro atoms. The number of rotatable bonds is 5. The van der Waals surface area contributed by atoms with E-state index >= 15 is 0 Å². The van der Waals surface area contributed by atoms with Crippen LogP contribution in [0, 0.1) is 5.82 Å². The first-order valence-corrected chi connectivity index (χ1v) is 10.5. The van der Waals surface area contributed by atoms with Gasteiger partial charge in [-0.15, -0.1) is 0 Å². The number of urea groups is 1. The third kappa shape index (κ3) is 5.59. The maximum Gasteiger partial charge on any atom is 0.317 e. The predicted octanol–water partition coefficient (Wildman–Crippen LogP) is 4.61. The fourth-order valence-electron chi connectivity index (χ4n) is 3.82. The van der Waals surface area contributed by atoms with Crippen LogP contribution in [0.15, 0.2) is 48.5 Å². The van der Waals surface area contributed by atoms with Gasteiger partial charge >= 0.3 is 6.03 Å². The van der Waals surface area contributed by atoms with Crippen molar-refractivity contribution in [3.05, 3.63) is 71.0 Å². The van der Waals surface area contributed by atoms with Gasteiger partial charge in [-0.3, -0.25) is 4.79 Å². The minimum Gasteiger partial charge on any atom is -0.346 e. The monoisotopic (exact) mass is 411 g/mol. The standard InChI is InChI=1S/C24H30FN3O2/c1-16(2)26-24(30)28-13-5-8-21(15-28)19-6-4-7-20(14-19)23(29)27-17(3)18-9-11-22(25)12-10-18/h4,6-7,9-12,14,16-17,21H,5,8,13,15H2,1-3H3,(H,26,30)(H,27,29)/t17-,21-/m1/s1. The van der Waals surface area contributed by atoms with Crippen molar-refractivity contribution >= 4 is 11.9 Å². The number of carbonyl (C=O) groups excluding carboxylic acids is 2.